The first kappa shape index (κ1) is 18.2. The number of halogens is 1. The normalized spacial score (nSPS) is 10.8. The van der Waals surface area contributed by atoms with Gasteiger partial charge in [-0.25, -0.2) is 5.43 Å². The number of nitrogens with zero attached hydrogens (tertiary/aromatic N) is 1. The molecule has 0 aliphatic heterocycles. The minimum absolute atomic E-state index is 0.0693. The number of carbonyl (C=O) groups is 1. The lowest BCUT2D eigenvalue weighted by atomic mass is 10.1. The van der Waals surface area contributed by atoms with Crippen LogP contribution in [0.1, 0.15) is 24.5 Å². The first-order valence-corrected chi connectivity index (χ1v) is 8.74. The molecule has 5 heteroatoms. The van der Waals surface area contributed by atoms with Crippen molar-refractivity contribution in [3.8, 4) is 5.75 Å². The lowest BCUT2D eigenvalue weighted by Gasteiger charge is -2.08. The molecule has 0 fully saturated rings. The van der Waals surface area contributed by atoms with Crippen LogP contribution in [0.2, 0.25) is 0 Å². The van der Waals surface area contributed by atoms with E-state index in [2.05, 4.69) is 45.5 Å². The molecule has 0 atom stereocenters. The Kier molecular flexibility index (Phi) is 7.49. The summed E-state index contributed by atoms with van der Waals surface area (Å²) in [5.41, 5.74) is 4.93. The number of carbonyl (C=O) groups excluding carboxylic acids is 1. The Morgan fingerprint density at radius 3 is 2.71 bits per heavy atom. The molecule has 1 N–H and O–H groups in total. The molecular formula is C19H21BrN2O2. The van der Waals surface area contributed by atoms with Gasteiger partial charge in [-0.3, -0.25) is 4.79 Å². The smallest absolute Gasteiger partial charge is 0.277 e. The van der Waals surface area contributed by atoms with Crippen LogP contribution in [0.25, 0.3) is 0 Å². The molecule has 0 aliphatic carbocycles. The van der Waals surface area contributed by atoms with Gasteiger partial charge in [0.1, 0.15) is 5.75 Å². The molecule has 0 radical (unpaired) electrons. The standard InChI is InChI=1S/C19H21BrN2O2/c1-2-15-10-11-18(17(20)13-15)24-14-19(23)22-21-12-6-9-16-7-4-3-5-8-16/h3-5,7-8,10-13H,2,6,9,14H2,1H3,(H,22,23). The predicted octanol–water partition coefficient (Wildman–Crippen LogP) is 4.13. The number of ether oxygens (including phenoxy) is 1. The summed E-state index contributed by atoms with van der Waals surface area (Å²) in [5, 5.41) is 3.93. The number of aryl methyl sites for hydroxylation is 2. The summed E-state index contributed by atoms with van der Waals surface area (Å²) in [6.07, 6.45) is 4.33. The average molecular weight is 389 g/mol. The molecule has 0 spiro atoms. The van der Waals surface area contributed by atoms with Gasteiger partial charge in [0.15, 0.2) is 6.61 Å². The highest BCUT2D eigenvalue weighted by Crippen LogP contribution is 2.26. The Morgan fingerprint density at radius 1 is 1.21 bits per heavy atom. The minimum Gasteiger partial charge on any atom is -0.483 e. The molecule has 0 bridgehead atoms. The van der Waals surface area contributed by atoms with E-state index in [1.807, 2.05) is 36.4 Å². The van der Waals surface area contributed by atoms with Gasteiger partial charge < -0.3 is 4.74 Å². The van der Waals surface area contributed by atoms with Crippen LogP contribution < -0.4 is 10.2 Å². The van der Waals surface area contributed by atoms with Crippen LogP contribution in [0.15, 0.2) is 58.1 Å². The van der Waals surface area contributed by atoms with Crippen LogP contribution in [0.4, 0.5) is 0 Å². The van der Waals surface area contributed by atoms with E-state index in [1.54, 1.807) is 6.21 Å². The van der Waals surface area contributed by atoms with Gasteiger partial charge in [0.05, 0.1) is 4.47 Å². The van der Waals surface area contributed by atoms with Crippen molar-refractivity contribution >= 4 is 28.1 Å². The average Bonchev–Trinajstić information content (AvgIpc) is 2.61. The van der Waals surface area contributed by atoms with Crippen LogP contribution in [0.5, 0.6) is 5.75 Å². The number of hydrazone groups is 1. The molecule has 0 heterocycles. The molecule has 2 rings (SSSR count). The minimum atomic E-state index is -0.280. The van der Waals surface area contributed by atoms with Crippen molar-refractivity contribution in [2.24, 2.45) is 5.10 Å². The van der Waals surface area contributed by atoms with E-state index < -0.39 is 0 Å². The fraction of sp³-hybridized carbons (Fsp3) is 0.263. The fourth-order valence-electron chi connectivity index (χ4n) is 2.11. The molecule has 0 aliphatic rings. The molecule has 0 saturated heterocycles. The first-order chi connectivity index (χ1) is 11.7. The zero-order chi connectivity index (χ0) is 17.2. The van der Waals surface area contributed by atoms with Crippen LogP contribution in [0, 0.1) is 0 Å². The number of nitrogens with one attached hydrogen (secondary N) is 1. The van der Waals surface area contributed by atoms with Crippen LogP contribution in [0.3, 0.4) is 0 Å². The Labute approximate surface area is 151 Å². The van der Waals surface area contributed by atoms with Gasteiger partial charge in [-0.1, -0.05) is 43.3 Å². The summed E-state index contributed by atoms with van der Waals surface area (Å²) in [6, 6.07) is 16.0. The molecule has 0 saturated carbocycles. The number of benzene rings is 2. The predicted molar refractivity (Wildman–Crippen MR) is 100 cm³/mol. The topological polar surface area (TPSA) is 50.7 Å². The first-order valence-electron chi connectivity index (χ1n) is 7.94. The Balaban J connectivity index is 1.69. The van der Waals surface area contributed by atoms with Gasteiger partial charge in [-0.2, -0.15) is 5.10 Å². The van der Waals surface area contributed by atoms with E-state index in [0.717, 1.165) is 23.7 Å². The highest BCUT2D eigenvalue weighted by molar-refractivity contribution is 9.10. The number of hydrogen-bond acceptors (Lipinski definition) is 3. The fourth-order valence-corrected chi connectivity index (χ4v) is 2.66. The molecule has 4 nitrogen and oxygen atoms in total. The van der Waals surface area contributed by atoms with Gasteiger partial charge >= 0.3 is 0 Å². The van der Waals surface area contributed by atoms with Gasteiger partial charge in [0.25, 0.3) is 5.91 Å². The van der Waals surface area contributed by atoms with Crippen molar-refractivity contribution in [1.82, 2.24) is 5.43 Å². The zero-order valence-electron chi connectivity index (χ0n) is 13.7. The van der Waals surface area contributed by atoms with Crippen LogP contribution in [-0.2, 0) is 17.6 Å². The van der Waals surface area contributed by atoms with E-state index in [4.69, 9.17) is 4.74 Å². The van der Waals surface area contributed by atoms with Crippen molar-refractivity contribution in [1.29, 1.82) is 0 Å². The van der Waals surface area contributed by atoms with E-state index in [0.29, 0.717) is 5.75 Å². The molecule has 0 aromatic heterocycles. The number of rotatable bonds is 8. The van der Waals surface area contributed by atoms with E-state index in [1.165, 1.54) is 11.1 Å². The van der Waals surface area contributed by atoms with Gasteiger partial charge in [-0.15, -0.1) is 0 Å². The maximum atomic E-state index is 11.7. The highest BCUT2D eigenvalue weighted by atomic mass is 79.9. The lowest BCUT2D eigenvalue weighted by molar-refractivity contribution is -0.123. The SMILES string of the molecule is CCc1ccc(OCC(=O)NN=CCCc2ccccc2)c(Br)c1. The van der Waals surface area contributed by atoms with Gasteiger partial charge in [0.2, 0.25) is 0 Å². The molecule has 0 unspecified atom stereocenters. The highest BCUT2D eigenvalue weighted by Gasteiger charge is 2.05. The van der Waals surface area contributed by atoms with Crippen LogP contribution in [-0.4, -0.2) is 18.7 Å². The van der Waals surface area contributed by atoms with Gasteiger partial charge in [0, 0.05) is 6.21 Å². The van der Waals surface area contributed by atoms with E-state index in [9.17, 15) is 4.79 Å². The van der Waals surface area contributed by atoms with Crippen molar-refractivity contribution in [3.63, 3.8) is 0 Å². The van der Waals surface area contributed by atoms with Gasteiger partial charge in [-0.05, 0) is 58.5 Å². The van der Waals surface area contributed by atoms with E-state index >= 15 is 0 Å². The van der Waals surface area contributed by atoms with E-state index in [-0.39, 0.29) is 12.5 Å². The second-order valence-electron chi connectivity index (χ2n) is 5.28. The Hall–Kier alpha value is -2.14. The molecular weight excluding hydrogens is 368 g/mol. The molecule has 126 valence electrons. The third-order valence-corrected chi connectivity index (χ3v) is 4.07. The molecule has 2 aromatic rings. The largest absolute Gasteiger partial charge is 0.483 e. The summed E-state index contributed by atoms with van der Waals surface area (Å²) >= 11 is 3.45. The quantitative estimate of drug-likeness (QED) is 0.545. The third kappa shape index (κ3) is 6.16. The van der Waals surface area contributed by atoms with Crippen molar-refractivity contribution < 1.29 is 9.53 Å². The van der Waals surface area contributed by atoms with Crippen molar-refractivity contribution in [3.05, 3.63) is 64.1 Å². The number of amides is 1. The summed E-state index contributed by atoms with van der Waals surface area (Å²) in [4.78, 5) is 11.7. The lowest BCUT2D eigenvalue weighted by Crippen LogP contribution is -2.24. The summed E-state index contributed by atoms with van der Waals surface area (Å²) in [7, 11) is 0. The summed E-state index contributed by atoms with van der Waals surface area (Å²) in [6.45, 7) is 2.02. The third-order valence-electron chi connectivity index (χ3n) is 3.45. The summed E-state index contributed by atoms with van der Waals surface area (Å²) in [5.74, 6) is 0.368. The number of hydrogen-bond donors (Lipinski definition) is 1. The molecule has 24 heavy (non-hydrogen) atoms. The zero-order valence-corrected chi connectivity index (χ0v) is 15.3. The van der Waals surface area contributed by atoms with Crippen LogP contribution >= 0.6 is 15.9 Å². The van der Waals surface area contributed by atoms with Crippen molar-refractivity contribution in [2.75, 3.05) is 6.61 Å². The Morgan fingerprint density at radius 2 is 2.00 bits per heavy atom. The maximum Gasteiger partial charge on any atom is 0.277 e. The maximum absolute atomic E-state index is 11.7. The van der Waals surface area contributed by atoms with Crippen molar-refractivity contribution in [2.45, 2.75) is 26.2 Å². The molecule has 2 aromatic carbocycles. The monoisotopic (exact) mass is 388 g/mol. The Bertz CT molecular complexity index is 687. The second kappa shape index (κ2) is 9.88. The second-order valence-corrected chi connectivity index (χ2v) is 6.13. The summed E-state index contributed by atoms with van der Waals surface area (Å²) < 4.78 is 6.34. The molecule has 1 amide bonds.